The van der Waals surface area contributed by atoms with Gasteiger partial charge in [-0.25, -0.2) is 0 Å². The fraction of sp³-hybridized carbons (Fsp3) is 0.632. The highest BCUT2D eigenvalue weighted by Crippen LogP contribution is 2.49. The molecule has 3 nitrogen and oxygen atoms in total. The van der Waals surface area contributed by atoms with Crippen LogP contribution >= 0.6 is 0 Å². The lowest BCUT2D eigenvalue weighted by atomic mass is 9.84. The summed E-state index contributed by atoms with van der Waals surface area (Å²) in [6.45, 7) is 3.09. The molecule has 2 N–H and O–H groups in total. The SMILES string of the molecule is CNCCc1ccccc1C(=O)NC(C)C1CC2CCC1C2. The van der Waals surface area contributed by atoms with Gasteiger partial charge >= 0.3 is 0 Å². The molecule has 0 radical (unpaired) electrons. The van der Waals surface area contributed by atoms with E-state index in [0.29, 0.717) is 12.0 Å². The highest BCUT2D eigenvalue weighted by Gasteiger charge is 2.42. The molecule has 2 bridgehead atoms. The summed E-state index contributed by atoms with van der Waals surface area (Å²) in [7, 11) is 1.94. The van der Waals surface area contributed by atoms with Crippen molar-refractivity contribution in [1.82, 2.24) is 10.6 Å². The standard InChI is InChI=1S/C19H28N2O/c1-13(18-12-14-7-8-16(18)11-14)21-19(22)17-6-4-3-5-15(17)9-10-20-2/h3-6,13-14,16,18,20H,7-12H2,1-2H3,(H,21,22). The first-order valence-electron chi connectivity index (χ1n) is 8.72. The number of hydrogen-bond acceptors (Lipinski definition) is 2. The molecular formula is C19H28N2O. The second-order valence-corrected chi connectivity index (χ2v) is 7.11. The fourth-order valence-corrected chi connectivity index (χ4v) is 4.52. The van der Waals surface area contributed by atoms with E-state index in [4.69, 9.17) is 0 Å². The Labute approximate surface area is 133 Å². The summed E-state index contributed by atoms with van der Waals surface area (Å²) in [5.74, 6) is 2.56. The van der Waals surface area contributed by atoms with E-state index in [1.54, 1.807) is 0 Å². The molecule has 2 aliphatic rings. The molecule has 1 aromatic rings. The lowest BCUT2D eigenvalue weighted by Gasteiger charge is -2.28. The minimum absolute atomic E-state index is 0.0991. The molecule has 120 valence electrons. The Morgan fingerprint density at radius 1 is 1.27 bits per heavy atom. The minimum atomic E-state index is 0.0991. The quantitative estimate of drug-likeness (QED) is 0.848. The lowest BCUT2D eigenvalue weighted by Crippen LogP contribution is -2.40. The van der Waals surface area contributed by atoms with Crippen LogP contribution in [-0.2, 0) is 6.42 Å². The largest absolute Gasteiger partial charge is 0.349 e. The maximum absolute atomic E-state index is 12.7. The normalized spacial score (nSPS) is 27.8. The number of likely N-dealkylation sites (N-methyl/N-ethyl adjacent to an activating group) is 1. The number of benzene rings is 1. The summed E-state index contributed by atoms with van der Waals surface area (Å²) in [6, 6.07) is 8.28. The molecule has 0 saturated heterocycles. The first-order valence-corrected chi connectivity index (χ1v) is 8.72. The van der Waals surface area contributed by atoms with Gasteiger partial charge in [0.1, 0.15) is 0 Å². The van der Waals surface area contributed by atoms with Gasteiger partial charge in [-0.2, -0.15) is 0 Å². The van der Waals surface area contributed by atoms with Crippen molar-refractivity contribution in [1.29, 1.82) is 0 Å². The van der Waals surface area contributed by atoms with E-state index < -0.39 is 0 Å². The van der Waals surface area contributed by atoms with Gasteiger partial charge in [-0.05, 0) is 75.6 Å². The monoisotopic (exact) mass is 300 g/mol. The van der Waals surface area contributed by atoms with Crippen LogP contribution in [-0.4, -0.2) is 25.5 Å². The van der Waals surface area contributed by atoms with Crippen LogP contribution < -0.4 is 10.6 Å². The number of carbonyl (C=O) groups excluding carboxylic acids is 1. The van der Waals surface area contributed by atoms with Crippen molar-refractivity contribution in [3.8, 4) is 0 Å². The second-order valence-electron chi connectivity index (χ2n) is 7.11. The Balaban J connectivity index is 1.64. The molecule has 3 heteroatoms. The summed E-state index contributed by atoms with van der Waals surface area (Å²) < 4.78 is 0. The van der Waals surface area contributed by atoms with Crippen molar-refractivity contribution in [2.75, 3.05) is 13.6 Å². The first-order chi connectivity index (χ1) is 10.7. The molecular weight excluding hydrogens is 272 g/mol. The molecule has 1 amide bonds. The number of hydrogen-bond donors (Lipinski definition) is 2. The minimum Gasteiger partial charge on any atom is -0.349 e. The topological polar surface area (TPSA) is 41.1 Å². The average Bonchev–Trinajstić information content (AvgIpc) is 3.16. The average molecular weight is 300 g/mol. The van der Waals surface area contributed by atoms with Crippen LogP contribution in [0.15, 0.2) is 24.3 Å². The molecule has 0 aliphatic heterocycles. The van der Waals surface area contributed by atoms with Gasteiger partial charge in [0.15, 0.2) is 0 Å². The van der Waals surface area contributed by atoms with Crippen molar-refractivity contribution in [3.05, 3.63) is 35.4 Å². The summed E-state index contributed by atoms with van der Waals surface area (Å²) >= 11 is 0. The third kappa shape index (κ3) is 3.19. The summed E-state index contributed by atoms with van der Waals surface area (Å²) in [5, 5.41) is 6.43. The van der Waals surface area contributed by atoms with Gasteiger partial charge < -0.3 is 10.6 Å². The Hall–Kier alpha value is -1.35. The zero-order valence-electron chi connectivity index (χ0n) is 13.8. The van der Waals surface area contributed by atoms with Crippen molar-refractivity contribution in [2.45, 2.75) is 45.1 Å². The predicted molar refractivity (Wildman–Crippen MR) is 89.9 cm³/mol. The predicted octanol–water partition coefficient (Wildman–Crippen LogP) is 3.00. The second kappa shape index (κ2) is 6.82. The number of nitrogens with one attached hydrogen (secondary N) is 2. The molecule has 1 aromatic carbocycles. The van der Waals surface area contributed by atoms with E-state index in [1.165, 1.54) is 25.7 Å². The van der Waals surface area contributed by atoms with Crippen molar-refractivity contribution >= 4 is 5.91 Å². The number of rotatable bonds is 6. The van der Waals surface area contributed by atoms with E-state index >= 15 is 0 Å². The van der Waals surface area contributed by atoms with E-state index in [1.807, 2.05) is 25.2 Å². The van der Waals surface area contributed by atoms with Gasteiger partial charge in [-0.15, -0.1) is 0 Å². The molecule has 0 aromatic heterocycles. The van der Waals surface area contributed by atoms with Gasteiger partial charge in [0, 0.05) is 11.6 Å². The van der Waals surface area contributed by atoms with E-state index in [2.05, 4.69) is 23.6 Å². The van der Waals surface area contributed by atoms with Crippen LogP contribution in [0.1, 0.15) is 48.5 Å². The molecule has 2 aliphatic carbocycles. The number of amides is 1. The first kappa shape index (κ1) is 15.5. The summed E-state index contributed by atoms with van der Waals surface area (Å²) in [6.07, 6.45) is 6.38. The number of fused-ring (bicyclic) bond motifs is 2. The Bertz CT molecular complexity index is 528. The molecule has 0 spiro atoms. The highest BCUT2D eigenvalue weighted by atomic mass is 16.1. The van der Waals surface area contributed by atoms with E-state index in [-0.39, 0.29) is 5.91 Å². The third-order valence-electron chi connectivity index (χ3n) is 5.70. The molecule has 2 saturated carbocycles. The van der Waals surface area contributed by atoms with Crippen molar-refractivity contribution < 1.29 is 4.79 Å². The van der Waals surface area contributed by atoms with Crippen LogP contribution in [0.2, 0.25) is 0 Å². The number of carbonyl (C=O) groups is 1. The zero-order valence-corrected chi connectivity index (χ0v) is 13.8. The maximum Gasteiger partial charge on any atom is 0.251 e. The van der Waals surface area contributed by atoms with Crippen LogP contribution in [0.5, 0.6) is 0 Å². The van der Waals surface area contributed by atoms with Crippen molar-refractivity contribution in [2.24, 2.45) is 17.8 Å². The molecule has 2 fully saturated rings. The molecule has 4 unspecified atom stereocenters. The highest BCUT2D eigenvalue weighted by molar-refractivity contribution is 5.95. The molecule has 3 rings (SSSR count). The molecule has 0 heterocycles. The van der Waals surface area contributed by atoms with E-state index in [0.717, 1.165) is 35.9 Å². The Kier molecular flexibility index (Phi) is 4.82. The van der Waals surface area contributed by atoms with Crippen LogP contribution in [0, 0.1) is 17.8 Å². The molecule has 4 atom stereocenters. The van der Waals surface area contributed by atoms with E-state index in [9.17, 15) is 4.79 Å². The van der Waals surface area contributed by atoms with Gasteiger partial charge in [0.2, 0.25) is 0 Å². The maximum atomic E-state index is 12.7. The van der Waals surface area contributed by atoms with Crippen LogP contribution in [0.25, 0.3) is 0 Å². The van der Waals surface area contributed by atoms with Gasteiger partial charge in [0.25, 0.3) is 5.91 Å². The van der Waals surface area contributed by atoms with Gasteiger partial charge in [-0.1, -0.05) is 24.6 Å². The summed E-state index contributed by atoms with van der Waals surface area (Å²) in [4.78, 5) is 12.7. The van der Waals surface area contributed by atoms with Gasteiger partial charge in [-0.3, -0.25) is 4.79 Å². The van der Waals surface area contributed by atoms with Crippen LogP contribution in [0.3, 0.4) is 0 Å². The Morgan fingerprint density at radius 2 is 2.09 bits per heavy atom. The fourth-order valence-electron chi connectivity index (χ4n) is 4.52. The van der Waals surface area contributed by atoms with Gasteiger partial charge in [0.05, 0.1) is 0 Å². The smallest absolute Gasteiger partial charge is 0.251 e. The van der Waals surface area contributed by atoms with Crippen molar-refractivity contribution in [3.63, 3.8) is 0 Å². The van der Waals surface area contributed by atoms with Crippen LogP contribution in [0.4, 0.5) is 0 Å². The molecule has 22 heavy (non-hydrogen) atoms. The zero-order chi connectivity index (χ0) is 15.5. The summed E-state index contributed by atoms with van der Waals surface area (Å²) in [5.41, 5.74) is 1.97. The Morgan fingerprint density at radius 3 is 2.77 bits per heavy atom. The lowest BCUT2D eigenvalue weighted by molar-refractivity contribution is 0.0914. The third-order valence-corrected chi connectivity index (χ3v) is 5.70.